The Morgan fingerprint density at radius 1 is 1.44 bits per heavy atom. The molecule has 1 saturated heterocycles. The number of ether oxygens (including phenoxy) is 1. The summed E-state index contributed by atoms with van der Waals surface area (Å²) in [7, 11) is 0. The lowest BCUT2D eigenvalue weighted by Crippen LogP contribution is -2.33. The highest BCUT2D eigenvalue weighted by Crippen LogP contribution is 2.30. The third-order valence-electron chi connectivity index (χ3n) is 3.99. The topological polar surface area (TPSA) is 163 Å². The Morgan fingerprint density at radius 2 is 2.16 bits per heavy atom. The molecule has 5 N–H and O–H groups in total. The van der Waals surface area contributed by atoms with Crippen LogP contribution in [0, 0.1) is 5.92 Å². The van der Waals surface area contributed by atoms with Gasteiger partial charge in [-0.3, -0.25) is 24.5 Å². The van der Waals surface area contributed by atoms with Crippen molar-refractivity contribution in [1.29, 1.82) is 0 Å². The van der Waals surface area contributed by atoms with Crippen LogP contribution in [0.3, 0.4) is 0 Å². The van der Waals surface area contributed by atoms with Gasteiger partial charge >= 0.3 is 0 Å². The van der Waals surface area contributed by atoms with Gasteiger partial charge in [-0.15, -0.1) is 0 Å². The number of H-pyrrole nitrogens is 1. The second-order valence-corrected chi connectivity index (χ2v) is 6.11. The molecule has 0 spiro atoms. The predicted octanol–water partition coefficient (Wildman–Crippen LogP) is -1.67. The van der Waals surface area contributed by atoms with Crippen LogP contribution in [0.25, 0.3) is 11.2 Å². The van der Waals surface area contributed by atoms with Gasteiger partial charge in [-0.05, 0) is 0 Å². The molecule has 1 fully saturated rings. The number of hydrogen-bond donors (Lipinski definition) is 5. The summed E-state index contributed by atoms with van der Waals surface area (Å²) in [5, 5.41) is 31.7. The molecular weight excluding hydrogens is 334 g/mol. The Hall–Kier alpha value is -2.34. The monoisotopic (exact) mass is 353 g/mol. The van der Waals surface area contributed by atoms with E-state index in [1.54, 1.807) is 13.8 Å². The number of aliphatic hydroxyl groups excluding tert-OH is 3. The molecule has 0 bridgehead atoms. The minimum atomic E-state index is -1.34. The number of anilines is 1. The maximum absolute atomic E-state index is 12.1. The van der Waals surface area contributed by atoms with Gasteiger partial charge in [-0.1, -0.05) is 13.8 Å². The molecule has 25 heavy (non-hydrogen) atoms. The maximum atomic E-state index is 12.1. The number of carbonyl (C=O) groups is 1. The Morgan fingerprint density at radius 3 is 2.76 bits per heavy atom. The molecule has 1 aliphatic rings. The van der Waals surface area contributed by atoms with Crippen molar-refractivity contribution in [1.82, 2.24) is 19.5 Å². The third kappa shape index (κ3) is 3.02. The van der Waals surface area contributed by atoms with Gasteiger partial charge in [0.05, 0.1) is 12.9 Å². The number of rotatable bonds is 4. The molecule has 11 heteroatoms. The minimum Gasteiger partial charge on any atom is -0.394 e. The average Bonchev–Trinajstić information content (AvgIpc) is 3.10. The zero-order valence-electron chi connectivity index (χ0n) is 13.6. The van der Waals surface area contributed by atoms with Crippen molar-refractivity contribution in [2.24, 2.45) is 5.92 Å². The van der Waals surface area contributed by atoms with E-state index in [0.29, 0.717) is 0 Å². The van der Waals surface area contributed by atoms with Gasteiger partial charge in [-0.2, -0.15) is 4.98 Å². The molecule has 0 radical (unpaired) electrons. The highest BCUT2D eigenvalue weighted by molar-refractivity contribution is 5.91. The summed E-state index contributed by atoms with van der Waals surface area (Å²) < 4.78 is 6.70. The van der Waals surface area contributed by atoms with Crippen LogP contribution >= 0.6 is 0 Å². The van der Waals surface area contributed by atoms with Gasteiger partial charge in [0.25, 0.3) is 5.56 Å². The van der Waals surface area contributed by atoms with Gasteiger partial charge in [0.1, 0.15) is 18.3 Å². The lowest BCUT2D eigenvalue weighted by molar-refractivity contribution is -0.118. The van der Waals surface area contributed by atoms with E-state index in [2.05, 4.69) is 20.3 Å². The maximum Gasteiger partial charge on any atom is 0.280 e. The summed E-state index contributed by atoms with van der Waals surface area (Å²) in [5.41, 5.74) is -0.521. The second kappa shape index (κ2) is 6.52. The first-order valence-electron chi connectivity index (χ1n) is 7.73. The quantitative estimate of drug-likeness (QED) is 0.435. The molecule has 1 amide bonds. The van der Waals surface area contributed by atoms with Crippen LogP contribution in [0.1, 0.15) is 20.1 Å². The summed E-state index contributed by atoms with van der Waals surface area (Å²) in [6.07, 6.45) is -3.46. The zero-order chi connectivity index (χ0) is 18.3. The van der Waals surface area contributed by atoms with Crippen molar-refractivity contribution < 1.29 is 24.9 Å². The molecule has 3 rings (SSSR count). The van der Waals surface area contributed by atoms with Crippen LogP contribution in [0.5, 0.6) is 0 Å². The zero-order valence-corrected chi connectivity index (χ0v) is 13.6. The number of carbonyl (C=O) groups excluding carboxylic acids is 1. The van der Waals surface area contributed by atoms with Gasteiger partial charge in [0.15, 0.2) is 17.4 Å². The first kappa shape index (κ1) is 17.5. The van der Waals surface area contributed by atoms with Crippen molar-refractivity contribution >= 4 is 23.0 Å². The van der Waals surface area contributed by atoms with E-state index in [-0.39, 0.29) is 28.9 Å². The van der Waals surface area contributed by atoms with Crippen molar-refractivity contribution in [3.05, 3.63) is 16.7 Å². The van der Waals surface area contributed by atoms with Crippen LogP contribution < -0.4 is 10.9 Å². The number of imidazole rings is 1. The van der Waals surface area contributed by atoms with E-state index < -0.39 is 36.7 Å². The molecule has 0 aromatic carbocycles. The number of aromatic amines is 1. The van der Waals surface area contributed by atoms with Crippen molar-refractivity contribution in [3.8, 4) is 0 Å². The normalized spacial score (nSPS) is 26.5. The molecule has 1 aliphatic heterocycles. The lowest BCUT2D eigenvalue weighted by Gasteiger charge is -2.16. The molecule has 2 aromatic heterocycles. The molecule has 3 heterocycles. The van der Waals surface area contributed by atoms with Crippen LogP contribution in [-0.2, 0) is 9.53 Å². The van der Waals surface area contributed by atoms with Crippen LogP contribution in [0.2, 0.25) is 0 Å². The molecular formula is C14H19N5O6. The number of amides is 1. The van der Waals surface area contributed by atoms with Crippen molar-refractivity contribution in [3.63, 3.8) is 0 Å². The number of hydrogen-bond acceptors (Lipinski definition) is 8. The summed E-state index contributed by atoms with van der Waals surface area (Å²) in [5.74, 6) is -0.711. The van der Waals surface area contributed by atoms with Gasteiger partial charge in [0.2, 0.25) is 11.9 Å². The molecule has 0 aliphatic carbocycles. The Bertz CT molecular complexity index is 846. The first-order valence-corrected chi connectivity index (χ1v) is 7.73. The molecule has 11 nitrogen and oxygen atoms in total. The highest BCUT2D eigenvalue weighted by atomic mass is 16.6. The largest absolute Gasteiger partial charge is 0.394 e. The van der Waals surface area contributed by atoms with E-state index in [1.807, 2.05) is 0 Å². The fourth-order valence-corrected chi connectivity index (χ4v) is 2.54. The van der Waals surface area contributed by atoms with Gasteiger partial charge < -0.3 is 20.1 Å². The first-order chi connectivity index (χ1) is 11.8. The van der Waals surface area contributed by atoms with Crippen molar-refractivity contribution in [2.45, 2.75) is 38.4 Å². The summed E-state index contributed by atoms with van der Waals surface area (Å²) >= 11 is 0. The molecule has 136 valence electrons. The number of nitrogens with zero attached hydrogens (tertiary/aromatic N) is 3. The standard InChI is InChI=1S/C14H19N5O6/c1-5(2)11(23)17-14-16-10-7(12(24)18-14)15-4-19(10)13-9(22)8(21)6(3-20)25-13/h4-6,8-9,13,20-22H,3H2,1-2H3,(H2,16,17,18,23,24)/t6-,8-,9-,13-/m1/s1. The van der Waals surface area contributed by atoms with Gasteiger partial charge in [-0.25, -0.2) is 4.98 Å². The molecule has 4 atom stereocenters. The Labute approximate surface area is 141 Å². The lowest BCUT2D eigenvalue weighted by atomic mass is 10.1. The fraction of sp³-hybridized carbons (Fsp3) is 0.571. The van der Waals surface area contributed by atoms with Gasteiger partial charge in [0, 0.05) is 5.92 Å². The fourth-order valence-electron chi connectivity index (χ4n) is 2.54. The second-order valence-electron chi connectivity index (χ2n) is 6.11. The molecule has 2 aromatic rings. The van der Waals surface area contributed by atoms with Crippen LogP contribution in [-0.4, -0.2) is 65.7 Å². The summed E-state index contributed by atoms with van der Waals surface area (Å²) in [6, 6.07) is 0. The van der Waals surface area contributed by atoms with E-state index in [0.717, 1.165) is 0 Å². The van der Waals surface area contributed by atoms with Crippen LogP contribution in [0.4, 0.5) is 5.95 Å². The highest BCUT2D eigenvalue weighted by Gasteiger charge is 2.44. The molecule has 0 unspecified atom stereocenters. The SMILES string of the molecule is CC(C)C(=O)Nc1nc2c(ncn2[C@@H]2O[C@H](CO)[C@@H](O)[C@H]2O)c(=O)[nH]1. The van der Waals surface area contributed by atoms with E-state index in [1.165, 1.54) is 10.9 Å². The smallest absolute Gasteiger partial charge is 0.280 e. The summed E-state index contributed by atoms with van der Waals surface area (Å²) in [4.78, 5) is 34.4. The molecule has 0 saturated carbocycles. The minimum absolute atomic E-state index is 0.0136. The number of nitrogens with one attached hydrogen (secondary N) is 2. The predicted molar refractivity (Wildman–Crippen MR) is 84.6 cm³/mol. The van der Waals surface area contributed by atoms with E-state index in [9.17, 15) is 24.9 Å². The Balaban J connectivity index is 2.01. The summed E-state index contributed by atoms with van der Waals surface area (Å²) in [6.45, 7) is 2.90. The Kier molecular flexibility index (Phi) is 4.56. The number of aliphatic hydroxyl groups is 3. The van der Waals surface area contributed by atoms with E-state index >= 15 is 0 Å². The third-order valence-corrected chi connectivity index (χ3v) is 3.99. The average molecular weight is 353 g/mol. The number of fused-ring (bicyclic) bond motifs is 1. The van der Waals surface area contributed by atoms with Crippen LogP contribution in [0.15, 0.2) is 11.1 Å². The van der Waals surface area contributed by atoms with E-state index in [4.69, 9.17) is 4.74 Å². The van der Waals surface area contributed by atoms with Crippen molar-refractivity contribution in [2.75, 3.05) is 11.9 Å². The number of aromatic nitrogens is 4.